The van der Waals surface area contributed by atoms with Crippen LogP contribution in [0.5, 0.6) is 0 Å². The number of fused-ring (bicyclic) bond motifs is 1. The SMILES string of the molecule is CNCc1cn2nc(-c3ccccc3)ccc2n1. The van der Waals surface area contributed by atoms with Gasteiger partial charge in [0.2, 0.25) is 0 Å². The van der Waals surface area contributed by atoms with Crippen LogP contribution in [0.2, 0.25) is 0 Å². The fraction of sp³-hybridized carbons (Fsp3) is 0.143. The quantitative estimate of drug-likeness (QED) is 0.760. The van der Waals surface area contributed by atoms with Crippen LogP contribution in [0.1, 0.15) is 5.69 Å². The highest BCUT2D eigenvalue weighted by Crippen LogP contribution is 2.16. The van der Waals surface area contributed by atoms with Gasteiger partial charge in [0, 0.05) is 12.1 Å². The van der Waals surface area contributed by atoms with Gasteiger partial charge >= 0.3 is 0 Å². The molecule has 0 radical (unpaired) electrons. The molecule has 3 rings (SSSR count). The maximum Gasteiger partial charge on any atom is 0.153 e. The Labute approximate surface area is 105 Å². The zero-order chi connectivity index (χ0) is 12.4. The molecule has 4 nitrogen and oxygen atoms in total. The molecule has 1 aromatic carbocycles. The second-order valence-corrected chi connectivity index (χ2v) is 4.15. The smallest absolute Gasteiger partial charge is 0.153 e. The van der Waals surface area contributed by atoms with Crippen LogP contribution in [0.15, 0.2) is 48.7 Å². The molecule has 0 fully saturated rings. The molecule has 18 heavy (non-hydrogen) atoms. The second-order valence-electron chi connectivity index (χ2n) is 4.15. The van der Waals surface area contributed by atoms with E-state index in [9.17, 15) is 0 Å². The second kappa shape index (κ2) is 4.58. The molecule has 0 unspecified atom stereocenters. The molecule has 0 atom stereocenters. The summed E-state index contributed by atoms with van der Waals surface area (Å²) < 4.78 is 1.83. The lowest BCUT2D eigenvalue weighted by atomic mass is 10.1. The van der Waals surface area contributed by atoms with Crippen molar-refractivity contribution in [3.63, 3.8) is 0 Å². The highest BCUT2D eigenvalue weighted by atomic mass is 15.2. The maximum atomic E-state index is 4.57. The Hall–Kier alpha value is -2.20. The normalized spacial score (nSPS) is 10.9. The molecule has 0 saturated heterocycles. The number of hydrogen-bond acceptors (Lipinski definition) is 3. The van der Waals surface area contributed by atoms with Crippen LogP contribution in [-0.4, -0.2) is 21.6 Å². The molecule has 0 aliphatic heterocycles. The standard InChI is InChI=1S/C14H14N4/c1-15-9-12-10-18-14(16-12)8-7-13(17-18)11-5-3-2-4-6-11/h2-8,10,15H,9H2,1H3. The Kier molecular flexibility index (Phi) is 2.78. The summed E-state index contributed by atoms with van der Waals surface area (Å²) in [6, 6.07) is 14.1. The lowest BCUT2D eigenvalue weighted by molar-refractivity contribution is 0.796. The number of hydrogen-bond donors (Lipinski definition) is 1. The molecule has 0 saturated carbocycles. The van der Waals surface area contributed by atoms with Gasteiger partial charge < -0.3 is 5.32 Å². The van der Waals surface area contributed by atoms with Crippen molar-refractivity contribution in [3.8, 4) is 11.3 Å². The van der Waals surface area contributed by atoms with Crippen molar-refractivity contribution in [1.29, 1.82) is 0 Å². The zero-order valence-corrected chi connectivity index (χ0v) is 10.2. The van der Waals surface area contributed by atoms with Gasteiger partial charge in [0.1, 0.15) is 0 Å². The van der Waals surface area contributed by atoms with Crippen molar-refractivity contribution < 1.29 is 0 Å². The molecule has 90 valence electrons. The first kappa shape index (κ1) is 10.9. The number of imidazole rings is 1. The fourth-order valence-corrected chi connectivity index (χ4v) is 1.96. The van der Waals surface area contributed by atoms with Crippen LogP contribution in [0.4, 0.5) is 0 Å². The van der Waals surface area contributed by atoms with E-state index < -0.39 is 0 Å². The van der Waals surface area contributed by atoms with Crippen LogP contribution in [0.25, 0.3) is 16.9 Å². The van der Waals surface area contributed by atoms with Gasteiger partial charge in [-0.2, -0.15) is 5.10 Å². The molecular weight excluding hydrogens is 224 g/mol. The third kappa shape index (κ3) is 1.98. The van der Waals surface area contributed by atoms with E-state index in [0.717, 1.165) is 29.1 Å². The number of rotatable bonds is 3. The van der Waals surface area contributed by atoms with Crippen molar-refractivity contribution in [1.82, 2.24) is 19.9 Å². The van der Waals surface area contributed by atoms with E-state index in [0.29, 0.717) is 0 Å². The molecule has 1 N–H and O–H groups in total. The zero-order valence-electron chi connectivity index (χ0n) is 10.2. The Balaban J connectivity index is 2.05. The van der Waals surface area contributed by atoms with E-state index in [-0.39, 0.29) is 0 Å². The molecule has 0 bridgehead atoms. The van der Waals surface area contributed by atoms with Crippen LogP contribution in [-0.2, 0) is 6.54 Å². The van der Waals surface area contributed by atoms with Crippen molar-refractivity contribution in [2.45, 2.75) is 6.54 Å². The summed E-state index contributed by atoms with van der Waals surface area (Å²) in [5.41, 5.74) is 3.94. The van der Waals surface area contributed by atoms with Gasteiger partial charge in [-0.15, -0.1) is 0 Å². The van der Waals surface area contributed by atoms with E-state index >= 15 is 0 Å². The summed E-state index contributed by atoms with van der Waals surface area (Å²) in [7, 11) is 1.91. The number of nitrogens with zero attached hydrogens (tertiary/aromatic N) is 3. The highest BCUT2D eigenvalue weighted by molar-refractivity contribution is 5.60. The van der Waals surface area contributed by atoms with E-state index in [1.165, 1.54) is 0 Å². The maximum absolute atomic E-state index is 4.57. The summed E-state index contributed by atoms with van der Waals surface area (Å²) in [6.07, 6.45) is 1.96. The first-order valence-corrected chi connectivity index (χ1v) is 5.92. The summed E-state index contributed by atoms with van der Waals surface area (Å²) in [5, 5.41) is 7.66. The molecule has 2 heterocycles. The molecule has 0 aliphatic rings. The van der Waals surface area contributed by atoms with Crippen molar-refractivity contribution in [2.75, 3.05) is 7.05 Å². The van der Waals surface area contributed by atoms with E-state index in [1.807, 2.05) is 48.1 Å². The third-order valence-electron chi connectivity index (χ3n) is 2.80. The van der Waals surface area contributed by atoms with Gasteiger partial charge in [-0.3, -0.25) is 0 Å². The summed E-state index contributed by atoms with van der Waals surface area (Å²) in [6.45, 7) is 0.754. The van der Waals surface area contributed by atoms with E-state index in [4.69, 9.17) is 0 Å². The predicted octanol–water partition coefficient (Wildman–Crippen LogP) is 2.12. The predicted molar refractivity (Wildman–Crippen MR) is 71.2 cm³/mol. The van der Waals surface area contributed by atoms with Crippen LogP contribution < -0.4 is 5.32 Å². The molecule has 4 heteroatoms. The van der Waals surface area contributed by atoms with E-state index in [2.05, 4.69) is 27.5 Å². The Morgan fingerprint density at radius 1 is 1.11 bits per heavy atom. The number of nitrogens with one attached hydrogen (secondary N) is 1. The minimum atomic E-state index is 0.754. The molecule has 0 spiro atoms. The van der Waals surface area contributed by atoms with Gasteiger partial charge in [-0.25, -0.2) is 9.50 Å². The molecule has 0 amide bonds. The van der Waals surface area contributed by atoms with Crippen LogP contribution in [0, 0.1) is 0 Å². The van der Waals surface area contributed by atoms with Gasteiger partial charge in [0.25, 0.3) is 0 Å². The monoisotopic (exact) mass is 238 g/mol. The first-order valence-electron chi connectivity index (χ1n) is 5.92. The van der Waals surface area contributed by atoms with Crippen LogP contribution in [0.3, 0.4) is 0 Å². The van der Waals surface area contributed by atoms with Crippen molar-refractivity contribution >= 4 is 5.65 Å². The lowest BCUT2D eigenvalue weighted by Gasteiger charge is -2.00. The van der Waals surface area contributed by atoms with Crippen molar-refractivity contribution in [3.05, 3.63) is 54.4 Å². The summed E-state index contributed by atoms with van der Waals surface area (Å²) in [5.74, 6) is 0. The average molecular weight is 238 g/mol. The summed E-state index contributed by atoms with van der Waals surface area (Å²) >= 11 is 0. The minimum Gasteiger partial charge on any atom is -0.314 e. The third-order valence-corrected chi connectivity index (χ3v) is 2.80. The Morgan fingerprint density at radius 2 is 1.94 bits per heavy atom. The Morgan fingerprint density at radius 3 is 2.72 bits per heavy atom. The molecule has 3 aromatic rings. The fourth-order valence-electron chi connectivity index (χ4n) is 1.96. The number of aromatic nitrogens is 3. The van der Waals surface area contributed by atoms with Gasteiger partial charge in [0.05, 0.1) is 17.6 Å². The molecule has 2 aromatic heterocycles. The minimum absolute atomic E-state index is 0.754. The van der Waals surface area contributed by atoms with Gasteiger partial charge in [0.15, 0.2) is 5.65 Å². The molecular formula is C14H14N4. The molecule has 0 aliphatic carbocycles. The van der Waals surface area contributed by atoms with Gasteiger partial charge in [-0.05, 0) is 19.2 Å². The van der Waals surface area contributed by atoms with Crippen LogP contribution >= 0.6 is 0 Å². The van der Waals surface area contributed by atoms with E-state index in [1.54, 1.807) is 0 Å². The highest BCUT2D eigenvalue weighted by Gasteiger charge is 2.04. The first-order chi connectivity index (χ1) is 8.86. The Bertz CT molecular complexity index is 658. The average Bonchev–Trinajstić information content (AvgIpc) is 2.81. The van der Waals surface area contributed by atoms with Crippen molar-refractivity contribution in [2.24, 2.45) is 0 Å². The summed E-state index contributed by atoms with van der Waals surface area (Å²) in [4.78, 5) is 4.48. The number of benzene rings is 1. The topological polar surface area (TPSA) is 42.2 Å². The largest absolute Gasteiger partial charge is 0.314 e. The lowest BCUT2D eigenvalue weighted by Crippen LogP contribution is -2.04. The van der Waals surface area contributed by atoms with Gasteiger partial charge in [-0.1, -0.05) is 30.3 Å².